The first-order chi connectivity index (χ1) is 14.9. The summed E-state index contributed by atoms with van der Waals surface area (Å²) in [5.74, 6) is 1.79. The fourth-order valence-corrected chi connectivity index (χ4v) is 4.21. The van der Waals surface area contributed by atoms with Crippen molar-refractivity contribution in [2.24, 2.45) is 5.92 Å². The third-order valence-electron chi connectivity index (χ3n) is 5.66. The summed E-state index contributed by atoms with van der Waals surface area (Å²) in [5, 5.41) is 7.11. The van der Waals surface area contributed by atoms with Crippen LogP contribution in [-0.2, 0) is 9.53 Å². The van der Waals surface area contributed by atoms with E-state index in [0.29, 0.717) is 23.2 Å². The number of nitrogens with one attached hydrogen (secondary N) is 1. The molecule has 170 valence electrons. The van der Waals surface area contributed by atoms with Crippen molar-refractivity contribution < 1.29 is 14.1 Å². The van der Waals surface area contributed by atoms with Crippen molar-refractivity contribution in [2.45, 2.75) is 90.1 Å². The fraction of sp³-hybridized carbons (Fsp3) is 0.696. The summed E-state index contributed by atoms with van der Waals surface area (Å²) in [7, 11) is 1.77. The molecule has 1 atom stereocenters. The molecule has 0 unspecified atom stereocenters. The van der Waals surface area contributed by atoms with E-state index in [2.05, 4.69) is 25.4 Å². The van der Waals surface area contributed by atoms with Gasteiger partial charge >= 0.3 is 5.97 Å². The summed E-state index contributed by atoms with van der Waals surface area (Å²) in [6.07, 6.45) is 13.1. The second kappa shape index (κ2) is 10.7. The molecule has 1 saturated carbocycles. The van der Waals surface area contributed by atoms with Crippen molar-refractivity contribution in [3.8, 4) is 11.5 Å². The summed E-state index contributed by atoms with van der Waals surface area (Å²) < 4.78 is 11.1. The van der Waals surface area contributed by atoms with Crippen molar-refractivity contribution in [3.63, 3.8) is 0 Å². The van der Waals surface area contributed by atoms with Crippen LogP contribution < -0.4 is 5.32 Å². The normalized spacial score (nSPS) is 16.1. The van der Waals surface area contributed by atoms with Crippen LogP contribution in [-0.4, -0.2) is 38.7 Å². The first-order valence-corrected chi connectivity index (χ1v) is 11.4. The number of ether oxygens (including phenoxy) is 1. The van der Waals surface area contributed by atoms with Crippen molar-refractivity contribution in [2.75, 3.05) is 12.4 Å². The van der Waals surface area contributed by atoms with Gasteiger partial charge in [-0.05, 0) is 33.1 Å². The van der Waals surface area contributed by atoms with Gasteiger partial charge in [0.25, 0.3) is 0 Å². The number of rotatable bonds is 9. The minimum atomic E-state index is -0.523. The van der Waals surface area contributed by atoms with Gasteiger partial charge in [-0.15, -0.1) is 0 Å². The monoisotopic (exact) mass is 429 g/mol. The van der Waals surface area contributed by atoms with Crippen LogP contribution in [0.4, 0.5) is 5.82 Å². The highest BCUT2D eigenvalue weighted by atomic mass is 16.6. The summed E-state index contributed by atoms with van der Waals surface area (Å²) in [4.78, 5) is 25.7. The lowest BCUT2D eigenvalue weighted by molar-refractivity contribution is -0.155. The van der Waals surface area contributed by atoms with Crippen LogP contribution in [0, 0.1) is 5.92 Å². The molecule has 3 rings (SSSR count). The molecule has 0 aliphatic heterocycles. The van der Waals surface area contributed by atoms with E-state index in [1.807, 2.05) is 20.8 Å². The molecule has 31 heavy (non-hydrogen) atoms. The SMILES string of the molecule is CNc1nccnc1-c1noc([C@H](CCCC2CCCCC2)CC(=O)OC(C)(C)C)n1. The molecule has 1 fully saturated rings. The van der Waals surface area contributed by atoms with Gasteiger partial charge in [0, 0.05) is 25.4 Å². The molecular formula is C23H35N5O3. The van der Waals surface area contributed by atoms with Gasteiger partial charge in [0.2, 0.25) is 11.7 Å². The van der Waals surface area contributed by atoms with E-state index in [1.165, 1.54) is 38.5 Å². The number of carbonyl (C=O) groups is 1. The maximum absolute atomic E-state index is 12.5. The Morgan fingerprint density at radius 1 is 1.23 bits per heavy atom. The molecule has 0 aromatic carbocycles. The minimum absolute atomic E-state index is 0.172. The number of aromatic nitrogens is 4. The summed E-state index contributed by atoms with van der Waals surface area (Å²) in [5.41, 5.74) is 0.00337. The van der Waals surface area contributed by atoms with E-state index in [0.717, 1.165) is 18.8 Å². The number of carbonyl (C=O) groups excluding carboxylic acids is 1. The largest absolute Gasteiger partial charge is 0.460 e. The third kappa shape index (κ3) is 7.01. The Morgan fingerprint density at radius 3 is 2.68 bits per heavy atom. The quantitative estimate of drug-likeness (QED) is 0.547. The molecule has 2 aromatic rings. The zero-order valence-corrected chi connectivity index (χ0v) is 19.2. The van der Waals surface area contributed by atoms with Crippen molar-refractivity contribution in [1.29, 1.82) is 0 Å². The number of hydrogen-bond donors (Lipinski definition) is 1. The standard InChI is InChI=1S/C23H35N5O3/c1-23(2,3)30-18(29)15-17(12-8-11-16-9-6-5-7-10-16)22-27-21(28-31-22)19-20(24-4)26-14-13-25-19/h13-14,16-17H,5-12,15H2,1-4H3,(H,24,26)/t17-/m1/s1. The van der Waals surface area contributed by atoms with Crippen LogP contribution >= 0.6 is 0 Å². The summed E-state index contributed by atoms with van der Waals surface area (Å²) in [6, 6.07) is 0. The molecule has 1 aliphatic rings. The Balaban J connectivity index is 1.72. The van der Waals surface area contributed by atoms with E-state index in [4.69, 9.17) is 9.26 Å². The van der Waals surface area contributed by atoms with E-state index in [-0.39, 0.29) is 18.3 Å². The Hall–Kier alpha value is -2.51. The second-order valence-corrected chi connectivity index (χ2v) is 9.38. The molecule has 0 saturated heterocycles. The highest BCUT2D eigenvalue weighted by Gasteiger charge is 2.27. The lowest BCUT2D eigenvalue weighted by Crippen LogP contribution is -2.25. The van der Waals surface area contributed by atoms with Crippen molar-refractivity contribution in [1.82, 2.24) is 20.1 Å². The number of hydrogen-bond acceptors (Lipinski definition) is 8. The summed E-state index contributed by atoms with van der Waals surface area (Å²) >= 11 is 0. The van der Waals surface area contributed by atoms with Gasteiger partial charge < -0.3 is 14.6 Å². The van der Waals surface area contributed by atoms with E-state index in [9.17, 15) is 4.79 Å². The van der Waals surface area contributed by atoms with Crippen molar-refractivity contribution >= 4 is 11.8 Å². The molecule has 2 heterocycles. The average Bonchev–Trinajstić information content (AvgIpc) is 3.22. The molecule has 0 amide bonds. The van der Waals surface area contributed by atoms with Crippen molar-refractivity contribution in [3.05, 3.63) is 18.3 Å². The van der Waals surface area contributed by atoms with Gasteiger partial charge in [0.05, 0.1) is 6.42 Å². The first-order valence-electron chi connectivity index (χ1n) is 11.4. The van der Waals surface area contributed by atoms with Crippen LogP contribution in [0.15, 0.2) is 16.9 Å². The van der Waals surface area contributed by atoms with Crippen LogP contribution in [0.5, 0.6) is 0 Å². The van der Waals surface area contributed by atoms with Crippen LogP contribution in [0.1, 0.15) is 90.4 Å². The molecule has 0 spiro atoms. The predicted molar refractivity (Wildman–Crippen MR) is 118 cm³/mol. The fourth-order valence-electron chi connectivity index (χ4n) is 4.21. The van der Waals surface area contributed by atoms with Gasteiger partial charge in [-0.1, -0.05) is 50.1 Å². The van der Waals surface area contributed by atoms with E-state index < -0.39 is 5.60 Å². The third-order valence-corrected chi connectivity index (χ3v) is 5.66. The van der Waals surface area contributed by atoms with Crippen LogP contribution in [0.2, 0.25) is 0 Å². The van der Waals surface area contributed by atoms with Gasteiger partial charge in [-0.25, -0.2) is 9.97 Å². The Bertz CT molecular complexity index is 840. The van der Waals surface area contributed by atoms with Crippen LogP contribution in [0.25, 0.3) is 11.5 Å². The van der Waals surface area contributed by atoms with Gasteiger partial charge in [-0.2, -0.15) is 4.98 Å². The Labute approximate surface area is 184 Å². The average molecular weight is 430 g/mol. The van der Waals surface area contributed by atoms with Gasteiger partial charge in [0.15, 0.2) is 11.5 Å². The van der Waals surface area contributed by atoms with Gasteiger partial charge in [-0.3, -0.25) is 4.79 Å². The molecular weight excluding hydrogens is 394 g/mol. The van der Waals surface area contributed by atoms with Crippen LogP contribution in [0.3, 0.4) is 0 Å². The zero-order chi connectivity index (χ0) is 22.3. The molecule has 1 N–H and O–H groups in total. The molecule has 0 bridgehead atoms. The number of nitrogens with zero attached hydrogens (tertiary/aromatic N) is 4. The second-order valence-electron chi connectivity index (χ2n) is 9.38. The molecule has 1 aliphatic carbocycles. The van der Waals surface area contributed by atoms with E-state index in [1.54, 1.807) is 19.4 Å². The zero-order valence-electron chi connectivity index (χ0n) is 19.2. The highest BCUT2D eigenvalue weighted by molar-refractivity contribution is 5.71. The molecule has 8 heteroatoms. The molecule has 0 radical (unpaired) electrons. The number of esters is 1. The lowest BCUT2D eigenvalue weighted by atomic mass is 9.84. The summed E-state index contributed by atoms with van der Waals surface area (Å²) in [6.45, 7) is 5.63. The molecule has 2 aromatic heterocycles. The van der Waals surface area contributed by atoms with Gasteiger partial charge in [0.1, 0.15) is 5.60 Å². The maximum Gasteiger partial charge on any atom is 0.307 e. The molecule has 8 nitrogen and oxygen atoms in total. The highest BCUT2D eigenvalue weighted by Crippen LogP contribution is 2.32. The topological polar surface area (TPSA) is 103 Å². The maximum atomic E-state index is 12.5. The predicted octanol–water partition coefficient (Wildman–Crippen LogP) is 5.13. The number of anilines is 1. The Kier molecular flexibility index (Phi) is 7.98. The van der Waals surface area contributed by atoms with E-state index >= 15 is 0 Å². The smallest absolute Gasteiger partial charge is 0.307 e. The first kappa shape index (κ1) is 23.2. The lowest BCUT2D eigenvalue weighted by Gasteiger charge is -2.23. The Morgan fingerprint density at radius 2 is 1.97 bits per heavy atom. The minimum Gasteiger partial charge on any atom is -0.460 e.